The third-order valence-corrected chi connectivity index (χ3v) is 2.30. The lowest BCUT2D eigenvalue weighted by atomic mass is 10.3. The first-order valence-corrected chi connectivity index (χ1v) is 5.39. The lowest BCUT2D eigenvalue weighted by Crippen LogP contribution is -2.42. The topological polar surface area (TPSA) is 116 Å². The molecule has 0 aromatic carbocycles. The number of imidazole rings is 1. The number of carboxylic acid groups (broad SMARTS) is 1. The maximum absolute atomic E-state index is 11.2. The van der Waals surface area contributed by atoms with Crippen LogP contribution in [-0.4, -0.2) is 51.0 Å². The molecule has 0 aliphatic rings. The Balaban J connectivity index is 2.18. The molecule has 0 unspecified atom stereocenters. The minimum Gasteiger partial charge on any atom is -0.479 e. The largest absolute Gasteiger partial charge is 0.479 e. The van der Waals surface area contributed by atoms with Gasteiger partial charge in [-0.3, -0.25) is 0 Å². The maximum Gasteiger partial charge on any atom is 0.334 e. The predicted molar refractivity (Wildman–Crippen MR) is 62.0 cm³/mol. The molecule has 0 bridgehead atoms. The Morgan fingerprint density at radius 3 is 2.78 bits per heavy atom. The molecule has 1 heterocycles. The molecule has 0 fully saturated rings. The van der Waals surface area contributed by atoms with Crippen molar-refractivity contribution in [2.75, 3.05) is 13.1 Å². The quantitative estimate of drug-likeness (QED) is 0.505. The van der Waals surface area contributed by atoms with Crippen molar-refractivity contribution in [1.29, 1.82) is 0 Å². The van der Waals surface area contributed by atoms with Crippen molar-refractivity contribution in [3.05, 3.63) is 18.2 Å². The van der Waals surface area contributed by atoms with Crippen LogP contribution >= 0.6 is 0 Å². The summed E-state index contributed by atoms with van der Waals surface area (Å²) in [5.41, 5.74) is 0. The van der Waals surface area contributed by atoms with Gasteiger partial charge in [-0.2, -0.15) is 0 Å². The van der Waals surface area contributed by atoms with Crippen molar-refractivity contribution in [2.24, 2.45) is 7.05 Å². The van der Waals surface area contributed by atoms with Gasteiger partial charge in [-0.05, 0) is 0 Å². The van der Waals surface area contributed by atoms with Crippen molar-refractivity contribution in [2.45, 2.75) is 12.5 Å². The fourth-order valence-electron chi connectivity index (χ4n) is 1.26. The number of urea groups is 1. The fraction of sp³-hybridized carbons (Fsp3) is 0.500. The molecule has 0 aliphatic carbocycles. The van der Waals surface area contributed by atoms with Gasteiger partial charge < -0.3 is 25.4 Å². The molecule has 4 N–H and O–H groups in total. The Labute approximate surface area is 104 Å². The summed E-state index contributed by atoms with van der Waals surface area (Å²) in [6.07, 6.45) is 2.45. The summed E-state index contributed by atoms with van der Waals surface area (Å²) in [7, 11) is 1.85. The average molecular weight is 256 g/mol. The predicted octanol–water partition coefficient (Wildman–Crippen LogP) is -1.29. The second-order valence-corrected chi connectivity index (χ2v) is 3.70. The molecule has 1 aromatic heterocycles. The van der Waals surface area contributed by atoms with Gasteiger partial charge in [-0.15, -0.1) is 0 Å². The van der Waals surface area contributed by atoms with Gasteiger partial charge in [-0.1, -0.05) is 0 Å². The van der Waals surface area contributed by atoms with Crippen LogP contribution in [0.5, 0.6) is 0 Å². The van der Waals surface area contributed by atoms with Gasteiger partial charge in [0.1, 0.15) is 5.82 Å². The number of carbonyl (C=O) groups excluding carboxylic acids is 1. The van der Waals surface area contributed by atoms with E-state index in [1.165, 1.54) is 0 Å². The van der Waals surface area contributed by atoms with Crippen molar-refractivity contribution in [3.8, 4) is 0 Å². The van der Waals surface area contributed by atoms with Gasteiger partial charge >= 0.3 is 12.0 Å². The number of aliphatic carboxylic acids is 1. The number of nitrogens with zero attached hydrogens (tertiary/aromatic N) is 2. The van der Waals surface area contributed by atoms with Crippen LogP contribution in [0.25, 0.3) is 0 Å². The summed E-state index contributed by atoms with van der Waals surface area (Å²) in [4.78, 5) is 25.6. The number of nitrogens with one attached hydrogen (secondary N) is 2. The molecule has 18 heavy (non-hydrogen) atoms. The Kier molecular flexibility index (Phi) is 5.12. The van der Waals surface area contributed by atoms with E-state index in [0.29, 0.717) is 13.0 Å². The summed E-state index contributed by atoms with van der Waals surface area (Å²) in [5, 5.41) is 22.1. The van der Waals surface area contributed by atoms with Gasteiger partial charge in [0.05, 0.1) is 6.54 Å². The van der Waals surface area contributed by atoms with E-state index in [0.717, 1.165) is 5.82 Å². The molecule has 0 saturated carbocycles. The van der Waals surface area contributed by atoms with Gasteiger partial charge in [0.25, 0.3) is 0 Å². The number of amides is 2. The number of aromatic nitrogens is 2. The molecule has 0 aliphatic heterocycles. The van der Waals surface area contributed by atoms with Gasteiger partial charge in [0.2, 0.25) is 0 Å². The summed E-state index contributed by atoms with van der Waals surface area (Å²) in [6.45, 7) is 0.0451. The zero-order chi connectivity index (χ0) is 13.5. The molecular weight excluding hydrogens is 240 g/mol. The minimum atomic E-state index is -1.59. The summed E-state index contributed by atoms with van der Waals surface area (Å²) in [5.74, 6) is -0.538. The maximum atomic E-state index is 11.2. The second-order valence-electron chi connectivity index (χ2n) is 3.70. The standard InChI is InChI=1S/C10H16N4O4/c1-14-5-4-11-8(14)2-3-12-10(18)13-6-7(15)9(16)17/h4-5,7,15H,2-3,6H2,1H3,(H,16,17)(H2,12,13,18)/t7-/m0/s1. The van der Waals surface area contributed by atoms with Gasteiger partial charge in [-0.25, -0.2) is 14.6 Å². The van der Waals surface area contributed by atoms with Crippen LogP contribution in [0.1, 0.15) is 5.82 Å². The number of aliphatic hydroxyl groups is 1. The monoisotopic (exact) mass is 256 g/mol. The summed E-state index contributed by atoms with van der Waals surface area (Å²) in [6, 6.07) is -0.524. The number of carboxylic acids is 1. The number of hydrogen-bond acceptors (Lipinski definition) is 4. The van der Waals surface area contributed by atoms with Crippen molar-refractivity contribution >= 4 is 12.0 Å². The van der Waals surface area contributed by atoms with Crippen LogP contribution in [0.2, 0.25) is 0 Å². The Hall–Kier alpha value is -2.09. The minimum absolute atomic E-state index is 0.330. The second kappa shape index (κ2) is 6.60. The molecule has 2 amide bonds. The molecule has 1 atom stereocenters. The molecule has 1 aromatic rings. The number of rotatable bonds is 6. The van der Waals surface area contributed by atoms with Crippen molar-refractivity contribution in [3.63, 3.8) is 0 Å². The van der Waals surface area contributed by atoms with E-state index in [-0.39, 0.29) is 6.54 Å². The van der Waals surface area contributed by atoms with Crippen LogP contribution in [0.15, 0.2) is 12.4 Å². The highest BCUT2D eigenvalue weighted by molar-refractivity contribution is 5.76. The summed E-state index contributed by atoms with van der Waals surface area (Å²) < 4.78 is 1.84. The molecular formula is C10H16N4O4. The normalized spacial score (nSPS) is 11.9. The number of carbonyl (C=O) groups is 2. The van der Waals surface area contributed by atoms with Crippen molar-refractivity contribution < 1.29 is 19.8 Å². The smallest absolute Gasteiger partial charge is 0.334 e. The zero-order valence-corrected chi connectivity index (χ0v) is 9.96. The van der Waals surface area contributed by atoms with Crippen LogP contribution in [-0.2, 0) is 18.3 Å². The Bertz CT molecular complexity index is 418. The van der Waals surface area contributed by atoms with E-state index in [1.807, 2.05) is 11.6 Å². The average Bonchev–Trinajstić information content (AvgIpc) is 2.72. The van der Waals surface area contributed by atoms with Gasteiger partial charge in [0.15, 0.2) is 6.10 Å². The lowest BCUT2D eigenvalue weighted by Gasteiger charge is -2.09. The first-order chi connectivity index (χ1) is 8.50. The molecule has 0 spiro atoms. The van der Waals surface area contributed by atoms with Crippen molar-refractivity contribution in [1.82, 2.24) is 20.2 Å². The van der Waals surface area contributed by atoms with Crippen LogP contribution < -0.4 is 10.6 Å². The third-order valence-electron chi connectivity index (χ3n) is 2.30. The van der Waals surface area contributed by atoms with E-state index >= 15 is 0 Å². The Morgan fingerprint density at radius 2 is 2.22 bits per heavy atom. The first kappa shape index (κ1) is 14.0. The number of aliphatic hydroxyl groups excluding tert-OH is 1. The number of hydrogen-bond donors (Lipinski definition) is 4. The molecule has 1 rings (SSSR count). The van der Waals surface area contributed by atoms with E-state index in [1.54, 1.807) is 12.4 Å². The van der Waals surface area contributed by atoms with E-state index in [9.17, 15) is 9.59 Å². The molecule has 0 saturated heterocycles. The zero-order valence-electron chi connectivity index (χ0n) is 9.96. The Morgan fingerprint density at radius 1 is 1.50 bits per heavy atom. The molecule has 100 valence electrons. The highest BCUT2D eigenvalue weighted by Crippen LogP contribution is 1.93. The SMILES string of the molecule is Cn1ccnc1CCNC(=O)NC[C@H](O)C(=O)O. The van der Waals surface area contributed by atoms with E-state index < -0.39 is 18.1 Å². The molecule has 8 nitrogen and oxygen atoms in total. The highest BCUT2D eigenvalue weighted by Gasteiger charge is 2.13. The highest BCUT2D eigenvalue weighted by atomic mass is 16.4. The van der Waals surface area contributed by atoms with E-state index in [4.69, 9.17) is 10.2 Å². The van der Waals surface area contributed by atoms with Crippen LogP contribution in [0.4, 0.5) is 4.79 Å². The fourth-order valence-corrected chi connectivity index (χ4v) is 1.26. The van der Waals surface area contributed by atoms with Gasteiger partial charge in [0, 0.05) is 32.4 Å². The lowest BCUT2D eigenvalue weighted by molar-refractivity contribution is -0.146. The van der Waals surface area contributed by atoms with Crippen LogP contribution in [0.3, 0.4) is 0 Å². The molecule has 0 radical (unpaired) electrons. The van der Waals surface area contributed by atoms with E-state index in [2.05, 4.69) is 15.6 Å². The summed E-state index contributed by atoms with van der Waals surface area (Å²) >= 11 is 0. The number of aryl methyl sites for hydroxylation is 1. The molecule has 8 heteroatoms. The third kappa shape index (κ3) is 4.42. The van der Waals surface area contributed by atoms with Crippen LogP contribution in [0, 0.1) is 0 Å². The first-order valence-electron chi connectivity index (χ1n) is 5.39.